The van der Waals surface area contributed by atoms with Gasteiger partial charge >= 0.3 is 5.97 Å². The Hall–Kier alpha value is -1.70. The van der Waals surface area contributed by atoms with Gasteiger partial charge in [-0.25, -0.2) is 17.9 Å². The molecule has 0 aliphatic rings. The van der Waals surface area contributed by atoms with E-state index in [9.17, 15) is 13.2 Å². The maximum atomic E-state index is 12.2. The van der Waals surface area contributed by atoms with E-state index in [0.29, 0.717) is 5.56 Å². The summed E-state index contributed by atoms with van der Waals surface area (Å²) >= 11 is 1.51. The van der Waals surface area contributed by atoms with E-state index in [1.54, 1.807) is 6.92 Å². The molecule has 1 aromatic heterocycles. The normalized spacial score (nSPS) is 11.5. The van der Waals surface area contributed by atoms with Crippen molar-refractivity contribution >= 4 is 27.3 Å². The fourth-order valence-corrected chi connectivity index (χ4v) is 3.78. The molecule has 112 valence electrons. The fraction of sp³-hybridized carbons (Fsp3) is 0.214. The molecule has 2 aromatic rings. The van der Waals surface area contributed by atoms with E-state index < -0.39 is 16.0 Å². The van der Waals surface area contributed by atoms with Crippen molar-refractivity contribution < 1.29 is 18.3 Å². The topological polar surface area (TPSA) is 83.5 Å². The van der Waals surface area contributed by atoms with Crippen LogP contribution in [0.2, 0.25) is 0 Å². The van der Waals surface area contributed by atoms with Crippen LogP contribution in [0.25, 0.3) is 0 Å². The summed E-state index contributed by atoms with van der Waals surface area (Å²) in [6, 6.07) is 7.86. The summed E-state index contributed by atoms with van der Waals surface area (Å²) in [5.74, 6) is -1.14. The third kappa shape index (κ3) is 3.69. The Balaban J connectivity index is 2.23. The molecule has 0 fully saturated rings. The van der Waals surface area contributed by atoms with Gasteiger partial charge in [0.15, 0.2) is 0 Å². The van der Waals surface area contributed by atoms with Crippen molar-refractivity contribution in [1.82, 2.24) is 4.72 Å². The van der Waals surface area contributed by atoms with E-state index in [0.717, 1.165) is 9.75 Å². The van der Waals surface area contributed by atoms with Crippen LogP contribution in [0.4, 0.5) is 0 Å². The summed E-state index contributed by atoms with van der Waals surface area (Å²) in [5.41, 5.74) is 0.514. The number of aryl methyl sites for hydroxylation is 2. The van der Waals surface area contributed by atoms with Crippen LogP contribution >= 0.6 is 11.3 Å². The lowest BCUT2D eigenvalue weighted by Crippen LogP contribution is -2.23. The maximum absolute atomic E-state index is 12.2. The molecular weight excluding hydrogens is 310 g/mol. The smallest absolute Gasteiger partial charge is 0.335 e. The molecular formula is C14H15NO4S2. The molecule has 0 saturated heterocycles. The zero-order valence-electron chi connectivity index (χ0n) is 11.6. The lowest BCUT2D eigenvalue weighted by atomic mass is 10.1. The van der Waals surface area contributed by atoms with Crippen LogP contribution in [0.5, 0.6) is 0 Å². The molecule has 0 radical (unpaired) electrons. The van der Waals surface area contributed by atoms with E-state index in [1.165, 1.54) is 29.5 Å². The van der Waals surface area contributed by atoms with Crippen LogP contribution in [-0.2, 0) is 16.6 Å². The van der Waals surface area contributed by atoms with Crippen LogP contribution < -0.4 is 4.72 Å². The number of sulfonamides is 1. The first kappa shape index (κ1) is 15.7. The molecule has 0 bridgehead atoms. The number of carbonyl (C=O) groups is 1. The average Bonchev–Trinajstić information content (AvgIpc) is 2.82. The second-order valence-corrected chi connectivity index (χ2v) is 7.76. The van der Waals surface area contributed by atoms with E-state index in [4.69, 9.17) is 5.11 Å². The van der Waals surface area contributed by atoms with Crippen LogP contribution in [0.15, 0.2) is 35.2 Å². The quantitative estimate of drug-likeness (QED) is 0.885. The minimum atomic E-state index is -3.73. The molecule has 0 atom stereocenters. The van der Waals surface area contributed by atoms with Gasteiger partial charge in [0.05, 0.1) is 10.5 Å². The standard InChI is InChI=1S/C14H15NO4S2/c1-9-3-6-12(7-13(9)14(16)17)21(18,19)15-8-11-5-4-10(2)20-11/h3-7,15H,8H2,1-2H3,(H,16,17). The van der Waals surface area contributed by atoms with Crippen LogP contribution in [0.3, 0.4) is 0 Å². The van der Waals surface area contributed by atoms with Crippen molar-refractivity contribution in [1.29, 1.82) is 0 Å². The van der Waals surface area contributed by atoms with Gasteiger partial charge in [-0.2, -0.15) is 0 Å². The lowest BCUT2D eigenvalue weighted by Gasteiger charge is -2.08. The first-order valence-corrected chi connectivity index (χ1v) is 8.48. The van der Waals surface area contributed by atoms with Gasteiger partial charge in [-0.1, -0.05) is 6.07 Å². The minimum absolute atomic E-state index is 0.00940. The summed E-state index contributed by atoms with van der Waals surface area (Å²) < 4.78 is 26.9. The Labute approximate surface area is 127 Å². The summed E-state index contributed by atoms with van der Waals surface area (Å²) in [5, 5.41) is 9.05. The summed E-state index contributed by atoms with van der Waals surface area (Å²) in [6.07, 6.45) is 0. The van der Waals surface area contributed by atoms with Gasteiger partial charge in [-0.3, -0.25) is 0 Å². The third-order valence-electron chi connectivity index (χ3n) is 2.98. The number of aromatic carboxylic acids is 1. The average molecular weight is 325 g/mol. The largest absolute Gasteiger partial charge is 0.478 e. The molecule has 5 nitrogen and oxygen atoms in total. The van der Waals surface area contributed by atoms with Gasteiger partial charge in [-0.05, 0) is 43.7 Å². The van der Waals surface area contributed by atoms with Crippen molar-refractivity contribution in [3.05, 3.63) is 51.2 Å². The maximum Gasteiger partial charge on any atom is 0.335 e. The Morgan fingerprint density at radius 2 is 1.95 bits per heavy atom. The van der Waals surface area contributed by atoms with Crippen molar-refractivity contribution in [2.24, 2.45) is 0 Å². The number of benzene rings is 1. The van der Waals surface area contributed by atoms with E-state index in [1.807, 2.05) is 19.1 Å². The predicted molar refractivity (Wildman–Crippen MR) is 81.2 cm³/mol. The lowest BCUT2D eigenvalue weighted by molar-refractivity contribution is 0.0696. The zero-order chi connectivity index (χ0) is 15.6. The zero-order valence-corrected chi connectivity index (χ0v) is 13.2. The molecule has 2 N–H and O–H groups in total. The van der Waals surface area contributed by atoms with Crippen LogP contribution in [0.1, 0.15) is 25.7 Å². The number of hydrogen-bond acceptors (Lipinski definition) is 4. The Morgan fingerprint density at radius 3 is 2.52 bits per heavy atom. The highest BCUT2D eigenvalue weighted by molar-refractivity contribution is 7.89. The molecule has 7 heteroatoms. The minimum Gasteiger partial charge on any atom is -0.478 e. The van der Waals surface area contributed by atoms with Gasteiger partial charge in [0.25, 0.3) is 0 Å². The molecule has 0 amide bonds. The van der Waals surface area contributed by atoms with Crippen molar-refractivity contribution in [3.8, 4) is 0 Å². The molecule has 2 rings (SSSR count). The monoisotopic (exact) mass is 325 g/mol. The van der Waals surface area contributed by atoms with Crippen LogP contribution in [0, 0.1) is 13.8 Å². The van der Waals surface area contributed by atoms with Gasteiger partial charge in [0.1, 0.15) is 0 Å². The molecule has 0 aliphatic heterocycles. The van der Waals surface area contributed by atoms with E-state index >= 15 is 0 Å². The number of carboxylic acid groups (broad SMARTS) is 1. The molecule has 0 spiro atoms. The second kappa shape index (κ2) is 5.97. The van der Waals surface area contributed by atoms with Crippen LogP contribution in [-0.4, -0.2) is 19.5 Å². The summed E-state index contributed by atoms with van der Waals surface area (Å²) in [7, 11) is -3.73. The highest BCUT2D eigenvalue weighted by Crippen LogP contribution is 2.18. The molecule has 21 heavy (non-hydrogen) atoms. The predicted octanol–water partition coefficient (Wildman–Crippen LogP) is 2.54. The molecule has 0 unspecified atom stereocenters. The Morgan fingerprint density at radius 1 is 1.24 bits per heavy atom. The molecule has 0 aliphatic carbocycles. The number of nitrogens with one attached hydrogen (secondary N) is 1. The fourth-order valence-electron chi connectivity index (χ4n) is 1.83. The first-order chi connectivity index (χ1) is 9.79. The number of carboxylic acids is 1. The molecule has 1 aromatic carbocycles. The van der Waals surface area contributed by atoms with E-state index in [2.05, 4.69) is 4.72 Å². The highest BCUT2D eigenvalue weighted by atomic mass is 32.2. The highest BCUT2D eigenvalue weighted by Gasteiger charge is 2.17. The van der Waals surface area contributed by atoms with Gasteiger partial charge in [0, 0.05) is 16.3 Å². The Bertz CT molecular complexity index is 778. The number of thiophene rings is 1. The second-order valence-electron chi connectivity index (χ2n) is 4.62. The van der Waals surface area contributed by atoms with Crippen molar-refractivity contribution in [2.75, 3.05) is 0 Å². The van der Waals surface area contributed by atoms with Gasteiger partial charge in [0.2, 0.25) is 10.0 Å². The first-order valence-electron chi connectivity index (χ1n) is 6.18. The summed E-state index contributed by atoms with van der Waals surface area (Å²) in [4.78, 5) is 13.0. The van der Waals surface area contributed by atoms with Crippen molar-refractivity contribution in [3.63, 3.8) is 0 Å². The van der Waals surface area contributed by atoms with E-state index in [-0.39, 0.29) is 17.0 Å². The number of hydrogen-bond donors (Lipinski definition) is 2. The SMILES string of the molecule is Cc1ccc(CNS(=O)(=O)c2ccc(C)c(C(=O)O)c2)s1. The Kier molecular flexibility index (Phi) is 4.46. The molecule has 1 heterocycles. The van der Waals surface area contributed by atoms with Crippen molar-refractivity contribution in [2.45, 2.75) is 25.3 Å². The summed E-state index contributed by atoms with van der Waals surface area (Å²) in [6.45, 7) is 3.76. The van der Waals surface area contributed by atoms with Gasteiger partial charge in [-0.15, -0.1) is 11.3 Å². The van der Waals surface area contributed by atoms with Gasteiger partial charge < -0.3 is 5.11 Å². The number of rotatable bonds is 5. The third-order valence-corrected chi connectivity index (χ3v) is 5.38. The molecule has 0 saturated carbocycles.